The predicted octanol–water partition coefficient (Wildman–Crippen LogP) is 4.08. The summed E-state index contributed by atoms with van der Waals surface area (Å²) >= 11 is 6.04. The van der Waals surface area contributed by atoms with Crippen molar-refractivity contribution >= 4 is 11.6 Å². The summed E-state index contributed by atoms with van der Waals surface area (Å²) < 4.78 is 12.1. The monoisotopic (exact) mass is 291 g/mol. The van der Waals surface area contributed by atoms with Crippen LogP contribution in [0.3, 0.4) is 0 Å². The second-order valence-corrected chi connectivity index (χ2v) is 6.13. The van der Waals surface area contributed by atoms with Crippen molar-refractivity contribution in [2.45, 2.75) is 50.2 Å². The van der Waals surface area contributed by atoms with E-state index in [-0.39, 0.29) is 11.7 Å². The van der Waals surface area contributed by atoms with Gasteiger partial charge in [0.1, 0.15) is 17.9 Å². The van der Waals surface area contributed by atoms with Crippen LogP contribution in [0.25, 0.3) is 0 Å². The highest BCUT2D eigenvalue weighted by Crippen LogP contribution is 2.41. The number of benzene rings is 1. The maximum Gasteiger partial charge on any atom is 0.121 e. The zero-order valence-corrected chi connectivity index (χ0v) is 12.2. The minimum Gasteiger partial charge on any atom is -0.490 e. The topological polar surface area (TPSA) is 42.2 Å². The molecule has 0 N–H and O–H groups in total. The third-order valence-corrected chi connectivity index (χ3v) is 4.64. The Bertz CT molecular complexity index is 532. The van der Waals surface area contributed by atoms with Crippen molar-refractivity contribution < 1.29 is 9.47 Å². The zero-order valence-electron chi connectivity index (χ0n) is 11.4. The van der Waals surface area contributed by atoms with Crippen molar-refractivity contribution in [2.24, 2.45) is 0 Å². The number of nitriles is 1. The Balaban J connectivity index is 1.68. The standard InChI is InChI=1S/C16H18ClNO2/c17-15-9-13(4-3-12(15)11-18)20-14-5-8-19-16(10-14)6-1-2-7-16/h3-4,9,14H,1-2,5-8,10H2. The quantitative estimate of drug-likeness (QED) is 0.824. The van der Waals surface area contributed by atoms with Gasteiger partial charge in [0.05, 0.1) is 22.8 Å². The van der Waals surface area contributed by atoms with E-state index in [4.69, 9.17) is 26.3 Å². The summed E-state index contributed by atoms with van der Waals surface area (Å²) in [6.45, 7) is 0.772. The van der Waals surface area contributed by atoms with E-state index >= 15 is 0 Å². The molecule has 0 bridgehead atoms. The molecule has 4 heteroatoms. The fourth-order valence-electron chi connectivity index (χ4n) is 3.30. The van der Waals surface area contributed by atoms with E-state index < -0.39 is 0 Å². The summed E-state index contributed by atoms with van der Waals surface area (Å²) in [5, 5.41) is 9.33. The molecule has 0 amide bonds. The first-order chi connectivity index (χ1) is 9.71. The lowest BCUT2D eigenvalue weighted by atomic mass is 9.90. The van der Waals surface area contributed by atoms with Gasteiger partial charge in [-0.25, -0.2) is 0 Å². The molecular formula is C16H18ClNO2. The van der Waals surface area contributed by atoms with Crippen LogP contribution in [0.4, 0.5) is 0 Å². The lowest BCUT2D eigenvalue weighted by molar-refractivity contribution is -0.108. The molecular weight excluding hydrogens is 274 g/mol. The van der Waals surface area contributed by atoms with Gasteiger partial charge in [-0.15, -0.1) is 0 Å². The zero-order chi connectivity index (χ0) is 14.0. The smallest absolute Gasteiger partial charge is 0.121 e. The SMILES string of the molecule is N#Cc1ccc(OC2CCOC3(CCCC3)C2)cc1Cl. The molecule has 0 aromatic heterocycles. The molecule has 1 saturated carbocycles. The number of nitrogens with zero attached hydrogens (tertiary/aromatic N) is 1. The second kappa shape index (κ2) is 5.63. The number of ether oxygens (including phenoxy) is 2. The number of rotatable bonds is 2. The van der Waals surface area contributed by atoms with E-state index in [0.29, 0.717) is 10.6 Å². The van der Waals surface area contributed by atoms with Gasteiger partial charge in [-0.3, -0.25) is 0 Å². The molecule has 1 spiro atoms. The van der Waals surface area contributed by atoms with E-state index in [1.54, 1.807) is 12.1 Å². The fraction of sp³-hybridized carbons (Fsp3) is 0.562. The average molecular weight is 292 g/mol. The summed E-state index contributed by atoms with van der Waals surface area (Å²) in [4.78, 5) is 0. The van der Waals surface area contributed by atoms with E-state index in [0.717, 1.165) is 38.0 Å². The maximum absolute atomic E-state index is 8.88. The molecule has 20 heavy (non-hydrogen) atoms. The van der Waals surface area contributed by atoms with Crippen LogP contribution in [-0.4, -0.2) is 18.3 Å². The molecule has 1 saturated heterocycles. The molecule has 1 unspecified atom stereocenters. The van der Waals surface area contributed by atoms with Crippen LogP contribution in [0.1, 0.15) is 44.1 Å². The lowest BCUT2D eigenvalue weighted by Crippen LogP contribution is -2.41. The van der Waals surface area contributed by atoms with Gasteiger partial charge in [0.15, 0.2) is 0 Å². The summed E-state index contributed by atoms with van der Waals surface area (Å²) in [5.41, 5.74) is 0.539. The Kier molecular flexibility index (Phi) is 3.87. The fourth-order valence-corrected chi connectivity index (χ4v) is 3.52. The number of hydrogen-bond donors (Lipinski definition) is 0. The molecule has 1 heterocycles. The molecule has 1 atom stereocenters. The first-order valence-electron chi connectivity index (χ1n) is 7.21. The van der Waals surface area contributed by atoms with Gasteiger partial charge in [-0.1, -0.05) is 24.4 Å². The summed E-state index contributed by atoms with van der Waals surface area (Å²) in [6.07, 6.45) is 6.89. The van der Waals surface area contributed by atoms with Crippen LogP contribution in [0, 0.1) is 11.3 Å². The summed E-state index contributed by atoms with van der Waals surface area (Å²) in [6, 6.07) is 7.32. The van der Waals surface area contributed by atoms with Gasteiger partial charge in [0.25, 0.3) is 0 Å². The van der Waals surface area contributed by atoms with Gasteiger partial charge < -0.3 is 9.47 Å². The second-order valence-electron chi connectivity index (χ2n) is 5.72. The summed E-state index contributed by atoms with van der Waals surface area (Å²) in [7, 11) is 0. The Morgan fingerprint density at radius 1 is 1.35 bits per heavy atom. The Morgan fingerprint density at radius 3 is 2.85 bits per heavy atom. The molecule has 2 aliphatic rings. The lowest BCUT2D eigenvalue weighted by Gasteiger charge is -2.38. The van der Waals surface area contributed by atoms with Crippen molar-refractivity contribution in [1.82, 2.24) is 0 Å². The molecule has 3 nitrogen and oxygen atoms in total. The van der Waals surface area contributed by atoms with Crippen molar-refractivity contribution in [2.75, 3.05) is 6.61 Å². The predicted molar refractivity (Wildman–Crippen MR) is 77.0 cm³/mol. The highest BCUT2D eigenvalue weighted by Gasteiger charge is 2.40. The Labute approximate surface area is 124 Å². The van der Waals surface area contributed by atoms with Crippen LogP contribution in [0.15, 0.2) is 18.2 Å². The molecule has 1 aliphatic carbocycles. The highest BCUT2D eigenvalue weighted by atomic mass is 35.5. The van der Waals surface area contributed by atoms with E-state index in [2.05, 4.69) is 6.07 Å². The van der Waals surface area contributed by atoms with Gasteiger partial charge in [0, 0.05) is 18.9 Å². The van der Waals surface area contributed by atoms with Crippen LogP contribution >= 0.6 is 11.6 Å². The molecule has 1 aromatic carbocycles. The van der Waals surface area contributed by atoms with Crippen molar-refractivity contribution in [3.8, 4) is 11.8 Å². The van der Waals surface area contributed by atoms with E-state index in [1.165, 1.54) is 12.8 Å². The van der Waals surface area contributed by atoms with E-state index in [1.807, 2.05) is 6.07 Å². The molecule has 106 valence electrons. The normalized spacial score (nSPS) is 24.5. The van der Waals surface area contributed by atoms with Crippen molar-refractivity contribution in [3.05, 3.63) is 28.8 Å². The molecule has 2 fully saturated rings. The molecule has 1 aromatic rings. The molecule has 3 rings (SSSR count). The number of hydrogen-bond acceptors (Lipinski definition) is 3. The van der Waals surface area contributed by atoms with Crippen molar-refractivity contribution in [3.63, 3.8) is 0 Å². The van der Waals surface area contributed by atoms with Gasteiger partial charge in [0.2, 0.25) is 0 Å². The third kappa shape index (κ3) is 2.77. The summed E-state index contributed by atoms with van der Waals surface area (Å²) in [5.74, 6) is 0.744. The minimum atomic E-state index is 0.0549. The van der Waals surface area contributed by atoms with Gasteiger partial charge in [-0.05, 0) is 25.0 Å². The Hall–Kier alpha value is -1.24. The minimum absolute atomic E-state index is 0.0549. The van der Waals surface area contributed by atoms with Gasteiger partial charge in [-0.2, -0.15) is 5.26 Å². The van der Waals surface area contributed by atoms with Crippen LogP contribution in [0.5, 0.6) is 5.75 Å². The largest absolute Gasteiger partial charge is 0.490 e. The van der Waals surface area contributed by atoms with Crippen LogP contribution in [0.2, 0.25) is 5.02 Å². The molecule has 1 aliphatic heterocycles. The first-order valence-corrected chi connectivity index (χ1v) is 7.59. The first kappa shape index (κ1) is 13.7. The van der Waals surface area contributed by atoms with Crippen LogP contribution < -0.4 is 4.74 Å². The van der Waals surface area contributed by atoms with Crippen LogP contribution in [-0.2, 0) is 4.74 Å². The molecule has 0 radical (unpaired) electrons. The Morgan fingerprint density at radius 2 is 2.15 bits per heavy atom. The van der Waals surface area contributed by atoms with Gasteiger partial charge >= 0.3 is 0 Å². The van der Waals surface area contributed by atoms with Crippen molar-refractivity contribution in [1.29, 1.82) is 5.26 Å². The third-order valence-electron chi connectivity index (χ3n) is 4.33. The van der Waals surface area contributed by atoms with E-state index in [9.17, 15) is 0 Å². The highest BCUT2D eigenvalue weighted by molar-refractivity contribution is 6.31. The average Bonchev–Trinajstić information content (AvgIpc) is 2.87. The number of halogens is 1. The maximum atomic E-state index is 8.88.